The number of carbonyl (C=O) groups is 1. The summed E-state index contributed by atoms with van der Waals surface area (Å²) in [7, 11) is 0. The number of hydrogen-bond acceptors (Lipinski definition) is 2. The van der Waals surface area contributed by atoms with Gasteiger partial charge in [-0.05, 0) is 56.8 Å². The van der Waals surface area contributed by atoms with Crippen LogP contribution in [-0.2, 0) is 0 Å². The van der Waals surface area contributed by atoms with Crippen LogP contribution in [0.25, 0.3) is 0 Å². The molecule has 2 fully saturated rings. The van der Waals surface area contributed by atoms with Crippen LogP contribution in [-0.4, -0.2) is 36.0 Å². The smallest absolute Gasteiger partial charge is 0.255 e. The van der Waals surface area contributed by atoms with Crippen molar-refractivity contribution in [3.8, 4) is 0 Å². The van der Waals surface area contributed by atoms with Gasteiger partial charge in [0.25, 0.3) is 5.91 Å². The third kappa shape index (κ3) is 2.57. The van der Waals surface area contributed by atoms with E-state index >= 15 is 0 Å². The third-order valence-corrected chi connectivity index (χ3v) is 4.79. The summed E-state index contributed by atoms with van der Waals surface area (Å²) >= 11 is 6.25. The van der Waals surface area contributed by atoms with Crippen molar-refractivity contribution in [1.82, 2.24) is 10.2 Å². The van der Waals surface area contributed by atoms with Crippen LogP contribution in [0.1, 0.15) is 41.6 Å². The fourth-order valence-electron chi connectivity index (χ4n) is 3.45. The summed E-state index contributed by atoms with van der Waals surface area (Å²) in [6.45, 7) is 3.92. The van der Waals surface area contributed by atoms with E-state index in [0.29, 0.717) is 22.7 Å². The first-order valence-electron chi connectivity index (χ1n) is 7.47. The Balaban J connectivity index is 1.81. The molecular formula is C16H21ClN2O. The summed E-state index contributed by atoms with van der Waals surface area (Å²) < 4.78 is 0. The van der Waals surface area contributed by atoms with E-state index in [1.807, 2.05) is 30.0 Å². The highest BCUT2D eigenvalue weighted by Gasteiger charge is 2.36. The molecule has 1 amide bonds. The molecule has 3 rings (SSSR count). The van der Waals surface area contributed by atoms with Crippen LogP contribution in [0.3, 0.4) is 0 Å². The molecule has 4 heteroatoms. The largest absolute Gasteiger partial charge is 0.334 e. The zero-order chi connectivity index (χ0) is 14.1. The molecule has 0 radical (unpaired) electrons. The Hall–Kier alpha value is -1.06. The molecule has 0 bridgehead atoms. The van der Waals surface area contributed by atoms with Gasteiger partial charge in [0, 0.05) is 18.6 Å². The maximum absolute atomic E-state index is 12.8. The van der Waals surface area contributed by atoms with Gasteiger partial charge in [-0.15, -0.1) is 0 Å². The SMILES string of the molecule is Cc1ccc(C(=O)N2CCCC2C2CCCN2)c(Cl)c1. The molecule has 0 spiro atoms. The number of amides is 1. The fraction of sp³-hybridized carbons (Fsp3) is 0.562. The number of benzene rings is 1. The number of aryl methyl sites for hydroxylation is 1. The van der Waals surface area contributed by atoms with Crippen LogP contribution in [0.2, 0.25) is 5.02 Å². The summed E-state index contributed by atoms with van der Waals surface area (Å²) in [6.07, 6.45) is 4.59. The molecule has 2 unspecified atom stereocenters. The molecule has 20 heavy (non-hydrogen) atoms. The Morgan fingerprint density at radius 1 is 1.35 bits per heavy atom. The summed E-state index contributed by atoms with van der Waals surface area (Å²) in [6, 6.07) is 6.48. The first-order valence-corrected chi connectivity index (χ1v) is 7.85. The molecule has 1 N–H and O–H groups in total. The lowest BCUT2D eigenvalue weighted by Crippen LogP contribution is -2.46. The fourth-order valence-corrected chi connectivity index (χ4v) is 3.77. The first kappa shape index (κ1) is 13.9. The molecule has 2 aliphatic heterocycles. The second-order valence-corrected chi connectivity index (χ2v) is 6.30. The quantitative estimate of drug-likeness (QED) is 0.909. The average Bonchev–Trinajstić information content (AvgIpc) is 3.09. The summed E-state index contributed by atoms with van der Waals surface area (Å²) in [5, 5.41) is 4.10. The number of likely N-dealkylation sites (tertiary alicyclic amines) is 1. The lowest BCUT2D eigenvalue weighted by molar-refractivity contribution is 0.0711. The van der Waals surface area contributed by atoms with Crippen LogP contribution < -0.4 is 5.32 Å². The molecule has 0 aromatic heterocycles. The summed E-state index contributed by atoms with van der Waals surface area (Å²) in [4.78, 5) is 14.8. The highest BCUT2D eigenvalue weighted by Crippen LogP contribution is 2.28. The topological polar surface area (TPSA) is 32.3 Å². The van der Waals surface area contributed by atoms with Gasteiger partial charge in [0.1, 0.15) is 0 Å². The standard InChI is InChI=1S/C16H21ClN2O/c1-11-6-7-12(13(17)10-11)16(20)19-9-3-5-15(19)14-4-2-8-18-14/h6-7,10,14-15,18H,2-5,8-9H2,1H3. The Bertz CT molecular complexity index is 511. The molecule has 2 aliphatic rings. The second-order valence-electron chi connectivity index (χ2n) is 5.89. The predicted octanol–water partition coefficient (Wildman–Crippen LogP) is 3.01. The van der Waals surface area contributed by atoms with E-state index in [9.17, 15) is 4.79 Å². The zero-order valence-electron chi connectivity index (χ0n) is 11.9. The van der Waals surface area contributed by atoms with Crippen molar-refractivity contribution >= 4 is 17.5 Å². The first-order chi connectivity index (χ1) is 9.66. The van der Waals surface area contributed by atoms with Gasteiger partial charge < -0.3 is 10.2 Å². The number of halogens is 1. The number of hydrogen-bond donors (Lipinski definition) is 1. The van der Waals surface area contributed by atoms with E-state index in [4.69, 9.17) is 11.6 Å². The molecular weight excluding hydrogens is 272 g/mol. The number of carbonyl (C=O) groups excluding carboxylic acids is 1. The summed E-state index contributed by atoms with van der Waals surface area (Å²) in [5.74, 6) is 0.0891. The zero-order valence-corrected chi connectivity index (χ0v) is 12.6. The minimum atomic E-state index is 0.0891. The molecule has 0 saturated carbocycles. The maximum Gasteiger partial charge on any atom is 0.255 e. The Kier molecular flexibility index (Phi) is 3.99. The molecule has 2 atom stereocenters. The van der Waals surface area contributed by atoms with Crippen molar-refractivity contribution in [2.75, 3.05) is 13.1 Å². The van der Waals surface area contributed by atoms with Gasteiger partial charge in [0.05, 0.1) is 10.6 Å². The second kappa shape index (κ2) is 5.74. The van der Waals surface area contributed by atoms with Crippen LogP contribution in [0.5, 0.6) is 0 Å². The molecule has 108 valence electrons. The average molecular weight is 293 g/mol. The lowest BCUT2D eigenvalue weighted by Gasteiger charge is -2.30. The molecule has 2 heterocycles. The van der Waals surface area contributed by atoms with Gasteiger partial charge in [-0.2, -0.15) is 0 Å². The Morgan fingerprint density at radius 2 is 2.20 bits per heavy atom. The van der Waals surface area contributed by atoms with E-state index in [1.165, 1.54) is 12.8 Å². The van der Waals surface area contributed by atoms with Crippen LogP contribution in [0, 0.1) is 6.92 Å². The van der Waals surface area contributed by atoms with Crippen LogP contribution in [0.4, 0.5) is 0 Å². The maximum atomic E-state index is 12.8. The van der Waals surface area contributed by atoms with Gasteiger partial charge in [-0.3, -0.25) is 4.79 Å². The van der Waals surface area contributed by atoms with E-state index in [-0.39, 0.29) is 5.91 Å². The summed E-state index contributed by atoms with van der Waals surface area (Å²) in [5.41, 5.74) is 1.73. The van der Waals surface area contributed by atoms with E-state index in [2.05, 4.69) is 5.32 Å². The van der Waals surface area contributed by atoms with Crippen molar-refractivity contribution in [3.05, 3.63) is 34.3 Å². The van der Waals surface area contributed by atoms with E-state index in [1.54, 1.807) is 0 Å². The van der Waals surface area contributed by atoms with Gasteiger partial charge >= 0.3 is 0 Å². The highest BCUT2D eigenvalue weighted by molar-refractivity contribution is 6.33. The lowest BCUT2D eigenvalue weighted by atomic mass is 10.0. The van der Waals surface area contributed by atoms with Gasteiger partial charge in [0.2, 0.25) is 0 Å². The van der Waals surface area contributed by atoms with Crippen molar-refractivity contribution in [2.45, 2.75) is 44.7 Å². The molecule has 1 aromatic carbocycles. The van der Waals surface area contributed by atoms with Crippen molar-refractivity contribution in [2.24, 2.45) is 0 Å². The van der Waals surface area contributed by atoms with Crippen LogP contribution >= 0.6 is 11.6 Å². The molecule has 1 aromatic rings. The third-order valence-electron chi connectivity index (χ3n) is 4.48. The minimum absolute atomic E-state index is 0.0891. The normalized spacial score (nSPS) is 26.2. The van der Waals surface area contributed by atoms with Crippen molar-refractivity contribution < 1.29 is 4.79 Å². The number of nitrogens with zero attached hydrogens (tertiary/aromatic N) is 1. The van der Waals surface area contributed by atoms with Gasteiger partial charge in [0.15, 0.2) is 0 Å². The Morgan fingerprint density at radius 3 is 2.90 bits per heavy atom. The molecule has 0 aliphatic carbocycles. The van der Waals surface area contributed by atoms with Crippen LogP contribution in [0.15, 0.2) is 18.2 Å². The monoisotopic (exact) mass is 292 g/mol. The molecule has 3 nitrogen and oxygen atoms in total. The molecule has 2 saturated heterocycles. The van der Waals surface area contributed by atoms with E-state index < -0.39 is 0 Å². The van der Waals surface area contributed by atoms with Crippen molar-refractivity contribution in [1.29, 1.82) is 0 Å². The number of rotatable bonds is 2. The minimum Gasteiger partial charge on any atom is -0.334 e. The van der Waals surface area contributed by atoms with Crippen molar-refractivity contribution in [3.63, 3.8) is 0 Å². The predicted molar refractivity (Wildman–Crippen MR) is 81.3 cm³/mol. The van der Waals surface area contributed by atoms with Gasteiger partial charge in [-0.1, -0.05) is 17.7 Å². The Labute approximate surface area is 125 Å². The number of nitrogens with one attached hydrogen (secondary N) is 1. The highest BCUT2D eigenvalue weighted by atomic mass is 35.5. The van der Waals surface area contributed by atoms with E-state index in [0.717, 1.165) is 31.5 Å². The van der Waals surface area contributed by atoms with Gasteiger partial charge in [-0.25, -0.2) is 0 Å².